The molecule has 0 aliphatic heterocycles. The van der Waals surface area contributed by atoms with E-state index in [0.717, 1.165) is 47.0 Å². The van der Waals surface area contributed by atoms with Gasteiger partial charge >= 0.3 is 12.8 Å². The number of nitrogens with zero attached hydrogens (tertiary/aromatic N) is 5. The van der Waals surface area contributed by atoms with Crippen LogP contribution in [0.2, 0.25) is 10.0 Å². The summed E-state index contributed by atoms with van der Waals surface area (Å²) in [5.74, 6) is 2.40. The first-order valence-electron chi connectivity index (χ1n) is 23.1. The Morgan fingerprint density at radius 3 is 1.93 bits per heavy atom. The average molecular weight is 1110 g/mol. The van der Waals surface area contributed by atoms with Crippen molar-refractivity contribution >= 4 is 88.5 Å². The number of halogens is 2. The number of unbranched alkanes of at least 4 members (excludes halogenated alkanes) is 1. The Kier molecular flexibility index (Phi) is 31.9. The lowest BCUT2D eigenvalue weighted by atomic mass is 9.88. The zero-order chi connectivity index (χ0) is 52.3. The topological polar surface area (TPSA) is 161 Å². The van der Waals surface area contributed by atoms with Crippen molar-refractivity contribution in [3.05, 3.63) is 93.9 Å². The van der Waals surface area contributed by atoms with Crippen LogP contribution in [0.3, 0.4) is 0 Å². The summed E-state index contributed by atoms with van der Waals surface area (Å²) in [5, 5.41) is 23.0. The van der Waals surface area contributed by atoms with Gasteiger partial charge < -0.3 is 33.3 Å². The number of hydrogen-bond acceptors (Lipinski definition) is 16. The van der Waals surface area contributed by atoms with Crippen LogP contribution in [0.25, 0.3) is 0 Å². The van der Waals surface area contributed by atoms with E-state index in [2.05, 4.69) is 67.0 Å². The van der Waals surface area contributed by atoms with E-state index in [0.29, 0.717) is 67.0 Å². The van der Waals surface area contributed by atoms with Gasteiger partial charge in [0.2, 0.25) is 11.6 Å². The minimum Gasteiger partial charge on any atom is -0.410 e. The van der Waals surface area contributed by atoms with E-state index in [9.17, 15) is 9.90 Å². The lowest BCUT2D eigenvalue weighted by molar-refractivity contribution is 0.00739. The van der Waals surface area contributed by atoms with Crippen molar-refractivity contribution in [2.75, 3.05) is 38.6 Å². The normalized spacial score (nSPS) is 12.8. The van der Waals surface area contributed by atoms with E-state index >= 15 is 0 Å². The highest BCUT2D eigenvalue weighted by atomic mass is 35.5. The molecule has 2 unspecified atom stereocenters. The van der Waals surface area contributed by atoms with E-state index in [1.165, 1.54) is 0 Å². The first kappa shape index (κ1) is 65.1. The quantitative estimate of drug-likeness (QED) is 0.0533. The standard InChI is InChI=1S/C14H17Cl2N3O.C12H21N2O3PS.C12H17NO2.C9H21O2PS3/c1-2-3-4-14(20,8-19-9-17-18-10-19)11-5-12(15)7-13(16)6-11;1-6-15-18(19,16-7-2)17-11-8-10(5)13-12(14-11)9(3)4;1-4-9(2)10-7-5-6-8-11(10)15-12(14)13-3;1-6-10-12(13,11-7-2)15-8-14-9(3,4)5/h5-7,9-10,20H,2-4,8H2,1H3;8-9H,6-7H2,1-5H3;5-9H,4H2,1-3H3,(H,13,14);6-8H2,1-5H3. The molecule has 0 saturated carbocycles. The zero-order valence-electron chi connectivity index (χ0n) is 42.8. The van der Waals surface area contributed by atoms with E-state index in [1.54, 1.807) is 59.9 Å². The van der Waals surface area contributed by atoms with Crippen molar-refractivity contribution in [3.63, 3.8) is 0 Å². The Labute approximate surface area is 441 Å². The second kappa shape index (κ2) is 33.8. The van der Waals surface area contributed by atoms with Gasteiger partial charge in [-0.05, 0) is 101 Å². The lowest BCUT2D eigenvalue weighted by Crippen LogP contribution is -2.31. The molecule has 0 fully saturated rings. The van der Waals surface area contributed by atoms with Crippen LogP contribution < -0.4 is 14.6 Å². The van der Waals surface area contributed by atoms with Gasteiger partial charge in [-0.3, -0.25) is 9.05 Å². The number of para-hydroxylation sites is 1. The fourth-order valence-corrected chi connectivity index (χ4v) is 15.7. The number of benzene rings is 2. The molecule has 4 rings (SSSR count). The molecule has 390 valence electrons. The van der Waals surface area contributed by atoms with Crippen molar-refractivity contribution in [2.24, 2.45) is 0 Å². The summed E-state index contributed by atoms with van der Waals surface area (Å²) in [6, 6.07) is 14.5. The predicted molar refractivity (Wildman–Crippen MR) is 296 cm³/mol. The molecule has 2 heterocycles. The summed E-state index contributed by atoms with van der Waals surface area (Å²) in [4.78, 5) is 19.8. The fourth-order valence-electron chi connectivity index (χ4n) is 5.65. The van der Waals surface area contributed by atoms with Gasteiger partial charge in [0.1, 0.15) is 29.8 Å². The number of rotatable bonds is 23. The van der Waals surface area contributed by atoms with E-state index in [4.69, 9.17) is 74.2 Å². The van der Waals surface area contributed by atoms with Crippen LogP contribution in [-0.4, -0.2) is 79.2 Å². The van der Waals surface area contributed by atoms with Crippen LogP contribution >= 0.6 is 58.8 Å². The van der Waals surface area contributed by atoms with Gasteiger partial charge in [0.15, 0.2) is 0 Å². The average Bonchev–Trinajstić information content (AvgIpc) is 3.78. The minimum atomic E-state index is -2.77. The monoisotopic (exact) mass is 1110 g/mol. The predicted octanol–water partition coefficient (Wildman–Crippen LogP) is 14.7. The number of hydrogen-bond donors (Lipinski definition) is 2. The summed E-state index contributed by atoms with van der Waals surface area (Å²) < 4.78 is 34.8. The zero-order valence-corrected chi connectivity index (χ0v) is 49.4. The number of ether oxygens (including phenoxy) is 1. The van der Waals surface area contributed by atoms with Gasteiger partial charge in [0.25, 0.3) is 0 Å². The van der Waals surface area contributed by atoms with Crippen molar-refractivity contribution in [1.82, 2.24) is 30.0 Å². The number of carbonyl (C=O) groups is 1. The van der Waals surface area contributed by atoms with Gasteiger partial charge in [-0.1, -0.05) is 121 Å². The fraction of sp³-hybridized carbons (Fsp3) is 0.596. The number of aryl methyl sites for hydroxylation is 1. The second-order valence-corrected chi connectivity index (χ2v) is 28.7. The van der Waals surface area contributed by atoms with Gasteiger partial charge in [-0.15, -0.1) is 22.0 Å². The maximum absolute atomic E-state index is 11.1. The Balaban J connectivity index is 0.000000464. The molecule has 0 bridgehead atoms. The molecule has 0 saturated heterocycles. The summed E-state index contributed by atoms with van der Waals surface area (Å²) >= 11 is 26.3. The maximum atomic E-state index is 11.1. The molecular formula is C47H76Cl2N6O8P2S4. The molecular weight excluding hydrogens is 1040 g/mol. The van der Waals surface area contributed by atoms with Crippen molar-refractivity contribution in [1.29, 1.82) is 0 Å². The highest BCUT2D eigenvalue weighted by molar-refractivity contribution is 8.69. The number of thioether (sulfide) groups is 1. The van der Waals surface area contributed by atoms with E-state index < -0.39 is 24.1 Å². The van der Waals surface area contributed by atoms with Crippen LogP contribution in [0.1, 0.15) is 143 Å². The number of aromatic nitrogens is 5. The van der Waals surface area contributed by atoms with Crippen LogP contribution in [0.15, 0.2) is 61.2 Å². The highest BCUT2D eigenvalue weighted by Gasteiger charge is 2.30. The van der Waals surface area contributed by atoms with Crippen molar-refractivity contribution in [3.8, 4) is 11.6 Å². The summed E-state index contributed by atoms with van der Waals surface area (Å²) in [6.45, 7) is 26.2. The van der Waals surface area contributed by atoms with Gasteiger partial charge in [0.05, 0.1) is 33.0 Å². The maximum Gasteiger partial charge on any atom is 0.412 e. The number of aliphatic hydroxyl groups is 1. The molecule has 0 aliphatic rings. The second-order valence-electron chi connectivity index (χ2n) is 16.4. The smallest absolute Gasteiger partial charge is 0.410 e. The molecule has 0 aliphatic carbocycles. The molecule has 4 aromatic rings. The number of amides is 1. The molecule has 2 atom stereocenters. The highest BCUT2D eigenvalue weighted by Crippen LogP contribution is 2.62. The van der Waals surface area contributed by atoms with Crippen LogP contribution in [0, 0.1) is 6.92 Å². The Morgan fingerprint density at radius 1 is 0.870 bits per heavy atom. The van der Waals surface area contributed by atoms with Crippen LogP contribution in [-0.2, 0) is 53.9 Å². The molecule has 14 nitrogen and oxygen atoms in total. The molecule has 2 N–H and O–H groups in total. The largest absolute Gasteiger partial charge is 0.412 e. The molecule has 2 aromatic carbocycles. The third-order valence-electron chi connectivity index (χ3n) is 9.14. The van der Waals surface area contributed by atoms with E-state index in [-0.39, 0.29) is 10.7 Å². The Bertz CT molecular complexity index is 2140. The van der Waals surface area contributed by atoms with E-state index in [1.807, 2.05) is 84.5 Å². The first-order chi connectivity index (χ1) is 32.4. The SMILES string of the molecule is CCC(C)c1ccccc1OC(=O)NC.CCCCC(O)(Cn1cnnc1)c1cc(Cl)cc(Cl)c1.CCOP(=S)(OCC)Oc1cc(C)nc(C(C)C)n1.CCOP(=S)(OCC)SCSC(C)(C)C. The van der Waals surface area contributed by atoms with Gasteiger partial charge in [0, 0.05) is 56.4 Å². The molecule has 22 heteroatoms. The van der Waals surface area contributed by atoms with Gasteiger partial charge in [-0.2, -0.15) is 4.98 Å². The summed E-state index contributed by atoms with van der Waals surface area (Å²) in [7, 11) is 1.55. The minimum absolute atomic E-state index is 0.222. The first-order valence-corrected chi connectivity index (χ1v) is 31.6. The lowest BCUT2D eigenvalue weighted by Gasteiger charge is -2.29. The molecule has 0 spiro atoms. The Morgan fingerprint density at radius 2 is 1.43 bits per heavy atom. The van der Waals surface area contributed by atoms with Crippen LogP contribution in [0.5, 0.6) is 11.6 Å². The van der Waals surface area contributed by atoms with Crippen LogP contribution in [0.4, 0.5) is 4.79 Å². The summed E-state index contributed by atoms with van der Waals surface area (Å²) in [6.07, 6.45) is 6.30. The Hall–Kier alpha value is -1.89. The molecule has 2 aromatic heterocycles. The molecule has 69 heavy (non-hydrogen) atoms. The van der Waals surface area contributed by atoms with Crippen molar-refractivity contribution < 1.29 is 37.3 Å². The third kappa shape index (κ3) is 26.6. The number of carbonyl (C=O) groups excluding carboxylic acids is 1. The molecule has 0 radical (unpaired) electrons. The van der Waals surface area contributed by atoms with Gasteiger partial charge in [-0.25, -0.2) is 9.78 Å². The summed E-state index contributed by atoms with van der Waals surface area (Å²) in [5.41, 5.74) is -0.482. The number of nitrogens with one attached hydrogen (secondary N) is 1. The third-order valence-corrected chi connectivity index (χ3v) is 19.3. The molecule has 1 amide bonds. The van der Waals surface area contributed by atoms with Crippen molar-refractivity contribution in [2.45, 2.75) is 144 Å².